The van der Waals surface area contributed by atoms with Crippen LogP contribution >= 0.6 is 11.5 Å². The van der Waals surface area contributed by atoms with Gasteiger partial charge in [-0.2, -0.15) is 4.37 Å². The van der Waals surface area contributed by atoms with E-state index in [1.54, 1.807) is 6.92 Å². The van der Waals surface area contributed by atoms with Crippen LogP contribution < -0.4 is 11.1 Å². The van der Waals surface area contributed by atoms with Gasteiger partial charge in [-0.05, 0) is 30.4 Å². The van der Waals surface area contributed by atoms with Crippen molar-refractivity contribution in [3.63, 3.8) is 0 Å². The number of hydrogen-bond donors (Lipinski definition) is 3. The monoisotopic (exact) mass is 305 g/mol. The molecule has 0 aliphatic heterocycles. The van der Waals surface area contributed by atoms with Gasteiger partial charge in [-0.3, -0.25) is 4.79 Å². The van der Waals surface area contributed by atoms with Crippen LogP contribution in [0, 0.1) is 6.92 Å². The number of amides is 1. The number of carbonyl (C=O) groups is 2. The highest BCUT2D eigenvalue weighted by molar-refractivity contribution is 7.11. The molecule has 0 saturated heterocycles. The van der Waals surface area contributed by atoms with E-state index in [4.69, 9.17) is 10.8 Å². The third-order valence-electron chi connectivity index (χ3n) is 2.95. The van der Waals surface area contributed by atoms with Crippen molar-refractivity contribution in [2.45, 2.75) is 19.4 Å². The third-order valence-corrected chi connectivity index (χ3v) is 3.80. The number of nitrogens with one attached hydrogen (secondary N) is 1. The van der Waals surface area contributed by atoms with E-state index >= 15 is 0 Å². The summed E-state index contributed by atoms with van der Waals surface area (Å²) in [5.74, 6) is -1.54. The van der Waals surface area contributed by atoms with Crippen LogP contribution in [0.2, 0.25) is 0 Å². The van der Waals surface area contributed by atoms with Crippen LogP contribution in [-0.4, -0.2) is 27.4 Å². The minimum atomic E-state index is -1.12. The summed E-state index contributed by atoms with van der Waals surface area (Å²) in [4.78, 5) is 23.2. The molecule has 0 radical (unpaired) electrons. The number of aromatic carboxylic acids is 1. The summed E-state index contributed by atoms with van der Waals surface area (Å²) in [7, 11) is 0. The van der Waals surface area contributed by atoms with Gasteiger partial charge in [0.1, 0.15) is 10.6 Å². The van der Waals surface area contributed by atoms with Gasteiger partial charge in [0.05, 0.1) is 11.7 Å². The second-order valence-corrected chi connectivity index (χ2v) is 5.34. The Balaban J connectivity index is 2.06. The highest BCUT2D eigenvalue weighted by Gasteiger charge is 2.21. The molecule has 1 aromatic heterocycles. The summed E-state index contributed by atoms with van der Waals surface area (Å²) in [6.07, 6.45) is 0.382. The highest BCUT2D eigenvalue weighted by Crippen LogP contribution is 2.24. The molecule has 0 aliphatic rings. The first-order valence-corrected chi connectivity index (χ1v) is 7.06. The van der Waals surface area contributed by atoms with Crippen molar-refractivity contribution in [3.05, 3.63) is 47.2 Å². The zero-order valence-electron chi connectivity index (χ0n) is 11.4. The molecule has 2 rings (SSSR count). The summed E-state index contributed by atoms with van der Waals surface area (Å²) in [6.45, 7) is 1.58. The lowest BCUT2D eigenvalue weighted by Gasteiger charge is -2.11. The summed E-state index contributed by atoms with van der Waals surface area (Å²) in [5.41, 5.74) is 7.19. The van der Waals surface area contributed by atoms with E-state index in [0.717, 1.165) is 17.1 Å². The molecule has 0 fully saturated rings. The normalized spacial score (nSPS) is 11.9. The zero-order valence-corrected chi connectivity index (χ0v) is 12.2. The summed E-state index contributed by atoms with van der Waals surface area (Å²) in [6, 6.07) is 8.63. The molecular formula is C14H15N3O3S. The van der Waals surface area contributed by atoms with E-state index in [2.05, 4.69) is 9.69 Å². The fourth-order valence-corrected chi connectivity index (χ4v) is 2.66. The van der Waals surface area contributed by atoms with Gasteiger partial charge in [-0.15, -0.1) is 0 Å². The van der Waals surface area contributed by atoms with Crippen LogP contribution in [0.15, 0.2) is 30.3 Å². The molecule has 0 bridgehead atoms. The number of rotatable bonds is 5. The molecule has 1 atom stereocenters. The van der Waals surface area contributed by atoms with Crippen molar-refractivity contribution in [2.75, 3.05) is 5.32 Å². The van der Waals surface area contributed by atoms with Gasteiger partial charge in [-0.25, -0.2) is 4.79 Å². The molecule has 21 heavy (non-hydrogen) atoms. The van der Waals surface area contributed by atoms with Gasteiger partial charge in [0.25, 0.3) is 0 Å². The Hall–Kier alpha value is -2.25. The minimum Gasteiger partial charge on any atom is -0.478 e. The number of aryl methyl sites for hydroxylation is 1. The number of carbonyl (C=O) groups excluding carboxylic acids is 1. The Bertz CT molecular complexity index is 655. The summed E-state index contributed by atoms with van der Waals surface area (Å²) < 4.78 is 3.94. The average Bonchev–Trinajstić information content (AvgIpc) is 2.80. The van der Waals surface area contributed by atoms with E-state index in [9.17, 15) is 9.59 Å². The van der Waals surface area contributed by atoms with Crippen LogP contribution in [0.1, 0.15) is 21.6 Å². The van der Waals surface area contributed by atoms with Gasteiger partial charge in [0.15, 0.2) is 0 Å². The van der Waals surface area contributed by atoms with Crippen molar-refractivity contribution >= 4 is 28.4 Å². The molecule has 7 heteroatoms. The minimum absolute atomic E-state index is 0.0141. The first kappa shape index (κ1) is 15.1. The maximum Gasteiger partial charge on any atom is 0.340 e. The van der Waals surface area contributed by atoms with Crippen LogP contribution in [0.25, 0.3) is 0 Å². The molecule has 0 aliphatic carbocycles. The molecule has 4 N–H and O–H groups in total. The number of benzene rings is 1. The number of anilines is 1. The molecule has 1 aromatic carbocycles. The second-order valence-electron chi connectivity index (χ2n) is 4.56. The number of nitrogens with zero attached hydrogens (tertiary/aromatic N) is 1. The van der Waals surface area contributed by atoms with E-state index in [-0.39, 0.29) is 10.6 Å². The maximum atomic E-state index is 12.1. The number of carboxylic acid groups (broad SMARTS) is 1. The fourth-order valence-electron chi connectivity index (χ4n) is 1.87. The first-order chi connectivity index (χ1) is 9.99. The van der Waals surface area contributed by atoms with Crippen LogP contribution in [0.5, 0.6) is 0 Å². The third kappa shape index (κ3) is 3.65. The summed E-state index contributed by atoms with van der Waals surface area (Å²) >= 11 is 0.938. The van der Waals surface area contributed by atoms with Gasteiger partial charge in [0.2, 0.25) is 5.91 Å². The first-order valence-electron chi connectivity index (χ1n) is 6.29. The smallest absolute Gasteiger partial charge is 0.340 e. The Morgan fingerprint density at radius 1 is 1.38 bits per heavy atom. The largest absolute Gasteiger partial charge is 0.478 e. The van der Waals surface area contributed by atoms with E-state index in [1.807, 2.05) is 30.3 Å². The van der Waals surface area contributed by atoms with E-state index in [1.165, 1.54) is 0 Å². The van der Waals surface area contributed by atoms with E-state index < -0.39 is 17.9 Å². The molecule has 0 unspecified atom stereocenters. The second kappa shape index (κ2) is 6.47. The van der Waals surface area contributed by atoms with Crippen molar-refractivity contribution in [1.82, 2.24) is 4.37 Å². The summed E-state index contributed by atoms with van der Waals surface area (Å²) in [5, 5.41) is 11.9. The van der Waals surface area contributed by atoms with Crippen LogP contribution in [0.3, 0.4) is 0 Å². The molecule has 2 aromatic rings. The van der Waals surface area contributed by atoms with Gasteiger partial charge in [-0.1, -0.05) is 30.3 Å². The van der Waals surface area contributed by atoms with Gasteiger partial charge >= 0.3 is 5.97 Å². The van der Waals surface area contributed by atoms with Crippen LogP contribution in [0.4, 0.5) is 5.00 Å². The zero-order chi connectivity index (χ0) is 15.4. The molecule has 1 amide bonds. The Morgan fingerprint density at radius 2 is 2.05 bits per heavy atom. The van der Waals surface area contributed by atoms with Crippen LogP contribution in [-0.2, 0) is 11.2 Å². The predicted molar refractivity (Wildman–Crippen MR) is 80.6 cm³/mol. The number of nitrogens with two attached hydrogens (primary N) is 1. The molecule has 1 heterocycles. The Kier molecular flexibility index (Phi) is 4.66. The molecular weight excluding hydrogens is 290 g/mol. The van der Waals surface area contributed by atoms with Gasteiger partial charge < -0.3 is 16.2 Å². The highest BCUT2D eigenvalue weighted by atomic mass is 32.1. The Morgan fingerprint density at radius 3 is 2.67 bits per heavy atom. The molecule has 6 nitrogen and oxygen atoms in total. The lowest BCUT2D eigenvalue weighted by atomic mass is 10.1. The topological polar surface area (TPSA) is 105 Å². The molecule has 110 valence electrons. The lowest BCUT2D eigenvalue weighted by Crippen LogP contribution is -2.37. The number of aromatic nitrogens is 1. The molecule has 0 saturated carbocycles. The Labute approximate surface area is 125 Å². The van der Waals surface area contributed by atoms with Gasteiger partial charge in [0, 0.05) is 0 Å². The van der Waals surface area contributed by atoms with Crippen molar-refractivity contribution < 1.29 is 14.7 Å². The maximum absolute atomic E-state index is 12.1. The predicted octanol–water partition coefficient (Wildman–Crippen LogP) is 1.66. The van der Waals surface area contributed by atoms with E-state index in [0.29, 0.717) is 12.1 Å². The number of carboxylic acids is 1. The van der Waals surface area contributed by atoms with Crippen molar-refractivity contribution in [1.29, 1.82) is 0 Å². The number of hydrogen-bond acceptors (Lipinski definition) is 5. The quantitative estimate of drug-likeness (QED) is 0.779. The fraction of sp³-hybridized carbons (Fsp3) is 0.214. The average molecular weight is 305 g/mol. The lowest BCUT2D eigenvalue weighted by molar-refractivity contribution is -0.117. The molecule has 0 spiro atoms. The SMILES string of the molecule is Cc1nsc(NC(=O)[C@@H](N)Cc2ccccc2)c1C(=O)O. The van der Waals surface area contributed by atoms with Crippen molar-refractivity contribution in [3.8, 4) is 0 Å². The van der Waals surface area contributed by atoms with Crippen molar-refractivity contribution in [2.24, 2.45) is 5.73 Å². The standard InChI is InChI=1S/C14H15N3O3S/c1-8-11(14(19)20)13(21-17-8)16-12(18)10(15)7-9-5-3-2-4-6-9/h2-6,10H,7,15H2,1H3,(H,16,18)(H,19,20)/t10-/m0/s1.